The van der Waals surface area contributed by atoms with Crippen molar-refractivity contribution in [2.75, 3.05) is 13.7 Å². The predicted molar refractivity (Wildman–Crippen MR) is 84.0 cm³/mol. The molecule has 0 aliphatic carbocycles. The summed E-state index contributed by atoms with van der Waals surface area (Å²) in [5, 5.41) is 14.8. The number of hydrogen-bond acceptors (Lipinski definition) is 4. The fourth-order valence-corrected chi connectivity index (χ4v) is 2.96. The SMILES string of the molecule is CCc1ccsc1C(=O)NCC(O)c1cccc(OC)c1. The molecule has 5 heteroatoms. The molecule has 0 bridgehead atoms. The third kappa shape index (κ3) is 3.83. The van der Waals surface area contributed by atoms with Crippen LogP contribution in [0.25, 0.3) is 0 Å². The van der Waals surface area contributed by atoms with E-state index in [1.807, 2.05) is 36.6 Å². The van der Waals surface area contributed by atoms with Crippen molar-refractivity contribution in [3.8, 4) is 5.75 Å². The summed E-state index contributed by atoms with van der Waals surface area (Å²) >= 11 is 1.42. The number of benzene rings is 1. The summed E-state index contributed by atoms with van der Waals surface area (Å²) in [5.74, 6) is 0.549. The number of hydrogen-bond donors (Lipinski definition) is 2. The van der Waals surface area contributed by atoms with Crippen LogP contribution in [-0.2, 0) is 6.42 Å². The van der Waals surface area contributed by atoms with Crippen LogP contribution >= 0.6 is 11.3 Å². The number of nitrogens with one attached hydrogen (secondary N) is 1. The molecule has 1 aromatic carbocycles. The van der Waals surface area contributed by atoms with Gasteiger partial charge in [-0.3, -0.25) is 4.79 Å². The van der Waals surface area contributed by atoms with E-state index >= 15 is 0 Å². The Morgan fingerprint density at radius 1 is 1.43 bits per heavy atom. The molecule has 0 spiro atoms. The van der Waals surface area contributed by atoms with Gasteiger partial charge in [0.2, 0.25) is 0 Å². The van der Waals surface area contributed by atoms with Crippen LogP contribution in [0.1, 0.15) is 33.8 Å². The van der Waals surface area contributed by atoms with Gasteiger partial charge in [0.1, 0.15) is 5.75 Å². The number of amides is 1. The zero-order valence-corrected chi connectivity index (χ0v) is 12.9. The molecule has 1 atom stereocenters. The molecule has 1 aromatic heterocycles. The number of aryl methyl sites for hydroxylation is 1. The van der Waals surface area contributed by atoms with Gasteiger partial charge in [-0.2, -0.15) is 0 Å². The summed E-state index contributed by atoms with van der Waals surface area (Å²) in [4.78, 5) is 12.8. The van der Waals surface area contributed by atoms with Gasteiger partial charge in [-0.05, 0) is 41.1 Å². The normalized spacial score (nSPS) is 12.0. The van der Waals surface area contributed by atoms with E-state index in [1.54, 1.807) is 13.2 Å². The lowest BCUT2D eigenvalue weighted by atomic mass is 10.1. The summed E-state index contributed by atoms with van der Waals surface area (Å²) in [5.41, 5.74) is 1.75. The average Bonchev–Trinajstić information content (AvgIpc) is 3.01. The highest BCUT2D eigenvalue weighted by molar-refractivity contribution is 7.12. The minimum absolute atomic E-state index is 0.135. The van der Waals surface area contributed by atoms with Gasteiger partial charge in [-0.25, -0.2) is 0 Å². The lowest BCUT2D eigenvalue weighted by Crippen LogP contribution is -2.28. The largest absolute Gasteiger partial charge is 0.497 e. The van der Waals surface area contributed by atoms with Crippen molar-refractivity contribution < 1.29 is 14.6 Å². The van der Waals surface area contributed by atoms with Gasteiger partial charge in [-0.15, -0.1) is 11.3 Å². The van der Waals surface area contributed by atoms with Crippen molar-refractivity contribution in [3.05, 3.63) is 51.7 Å². The maximum absolute atomic E-state index is 12.1. The number of aliphatic hydroxyl groups is 1. The van der Waals surface area contributed by atoms with E-state index in [4.69, 9.17) is 4.74 Å². The van der Waals surface area contributed by atoms with Crippen molar-refractivity contribution in [2.45, 2.75) is 19.4 Å². The van der Waals surface area contributed by atoms with Gasteiger partial charge < -0.3 is 15.2 Å². The van der Waals surface area contributed by atoms with E-state index in [9.17, 15) is 9.90 Å². The van der Waals surface area contributed by atoms with Crippen molar-refractivity contribution in [2.24, 2.45) is 0 Å². The minimum atomic E-state index is -0.755. The van der Waals surface area contributed by atoms with E-state index < -0.39 is 6.10 Å². The molecule has 21 heavy (non-hydrogen) atoms. The Hall–Kier alpha value is -1.85. The van der Waals surface area contributed by atoms with E-state index in [2.05, 4.69) is 5.32 Å². The van der Waals surface area contributed by atoms with Crippen LogP contribution in [0, 0.1) is 0 Å². The Kier molecular flexibility index (Phi) is 5.36. The van der Waals surface area contributed by atoms with Gasteiger partial charge in [0.05, 0.1) is 18.1 Å². The lowest BCUT2D eigenvalue weighted by molar-refractivity contribution is 0.0919. The predicted octanol–water partition coefficient (Wildman–Crippen LogP) is 2.78. The molecule has 4 nitrogen and oxygen atoms in total. The molecule has 1 heterocycles. The second kappa shape index (κ2) is 7.24. The fraction of sp³-hybridized carbons (Fsp3) is 0.312. The molecule has 2 aromatic rings. The van der Waals surface area contributed by atoms with E-state index in [0.717, 1.165) is 22.4 Å². The van der Waals surface area contributed by atoms with Crippen molar-refractivity contribution >= 4 is 17.2 Å². The van der Waals surface area contributed by atoms with Crippen molar-refractivity contribution in [1.82, 2.24) is 5.32 Å². The first-order valence-electron chi connectivity index (χ1n) is 6.82. The maximum atomic E-state index is 12.1. The molecule has 2 N–H and O–H groups in total. The number of methoxy groups -OCH3 is 1. The zero-order valence-electron chi connectivity index (χ0n) is 12.1. The molecule has 0 aliphatic heterocycles. The van der Waals surface area contributed by atoms with Gasteiger partial charge in [0.15, 0.2) is 0 Å². The Bertz CT molecular complexity index is 609. The highest BCUT2D eigenvalue weighted by atomic mass is 32.1. The van der Waals surface area contributed by atoms with E-state index in [0.29, 0.717) is 5.75 Å². The summed E-state index contributed by atoms with van der Waals surface area (Å²) in [6.07, 6.45) is 0.0686. The fourth-order valence-electron chi connectivity index (χ4n) is 2.05. The third-order valence-corrected chi connectivity index (χ3v) is 4.22. The molecule has 1 unspecified atom stereocenters. The summed E-state index contributed by atoms with van der Waals surface area (Å²) in [6, 6.07) is 9.15. The second-order valence-electron chi connectivity index (χ2n) is 4.63. The molecule has 112 valence electrons. The highest BCUT2D eigenvalue weighted by Gasteiger charge is 2.14. The standard InChI is InChI=1S/C16H19NO3S/c1-3-11-7-8-21-15(11)16(19)17-10-14(18)12-5-4-6-13(9-12)20-2/h4-9,14,18H,3,10H2,1-2H3,(H,17,19). The summed E-state index contributed by atoms with van der Waals surface area (Å²) in [6.45, 7) is 2.19. The third-order valence-electron chi connectivity index (χ3n) is 3.27. The minimum Gasteiger partial charge on any atom is -0.497 e. The van der Waals surface area contributed by atoms with Crippen molar-refractivity contribution in [1.29, 1.82) is 0 Å². The highest BCUT2D eigenvalue weighted by Crippen LogP contribution is 2.20. The van der Waals surface area contributed by atoms with Gasteiger partial charge in [0, 0.05) is 6.54 Å². The molecule has 1 amide bonds. The first-order chi connectivity index (χ1) is 10.2. The first-order valence-corrected chi connectivity index (χ1v) is 7.70. The number of aliphatic hydroxyl groups excluding tert-OH is 1. The Labute approximate surface area is 128 Å². The molecule has 0 saturated heterocycles. The molecular weight excluding hydrogens is 286 g/mol. The quantitative estimate of drug-likeness (QED) is 0.863. The van der Waals surface area contributed by atoms with Gasteiger partial charge >= 0.3 is 0 Å². The molecule has 0 aliphatic rings. The van der Waals surface area contributed by atoms with Crippen LogP contribution in [0.15, 0.2) is 35.7 Å². The van der Waals surface area contributed by atoms with E-state index in [1.165, 1.54) is 11.3 Å². The average molecular weight is 305 g/mol. The molecule has 2 rings (SSSR count). The number of carbonyl (C=O) groups is 1. The molecular formula is C16H19NO3S. The smallest absolute Gasteiger partial charge is 0.261 e. The van der Waals surface area contributed by atoms with Crippen LogP contribution in [0.2, 0.25) is 0 Å². The topological polar surface area (TPSA) is 58.6 Å². The lowest BCUT2D eigenvalue weighted by Gasteiger charge is -2.13. The first kappa shape index (κ1) is 15.5. The second-order valence-corrected chi connectivity index (χ2v) is 5.55. The van der Waals surface area contributed by atoms with Crippen LogP contribution < -0.4 is 10.1 Å². The van der Waals surface area contributed by atoms with Crippen molar-refractivity contribution in [3.63, 3.8) is 0 Å². The molecule has 0 fully saturated rings. The van der Waals surface area contributed by atoms with Crippen LogP contribution in [0.5, 0.6) is 5.75 Å². The van der Waals surface area contributed by atoms with Crippen LogP contribution in [0.3, 0.4) is 0 Å². The van der Waals surface area contributed by atoms with Crippen LogP contribution in [-0.4, -0.2) is 24.7 Å². The zero-order chi connectivity index (χ0) is 15.2. The van der Waals surface area contributed by atoms with Gasteiger partial charge in [0.25, 0.3) is 5.91 Å². The van der Waals surface area contributed by atoms with Gasteiger partial charge in [-0.1, -0.05) is 19.1 Å². The maximum Gasteiger partial charge on any atom is 0.261 e. The number of rotatable bonds is 6. The Morgan fingerprint density at radius 3 is 2.95 bits per heavy atom. The van der Waals surface area contributed by atoms with E-state index in [-0.39, 0.29) is 12.5 Å². The molecule has 0 radical (unpaired) electrons. The number of ether oxygens (including phenoxy) is 1. The summed E-state index contributed by atoms with van der Waals surface area (Å²) in [7, 11) is 1.58. The summed E-state index contributed by atoms with van der Waals surface area (Å²) < 4.78 is 5.12. The van der Waals surface area contributed by atoms with Crippen LogP contribution in [0.4, 0.5) is 0 Å². The monoisotopic (exact) mass is 305 g/mol. The number of carbonyl (C=O) groups excluding carboxylic acids is 1. The number of thiophene rings is 1. The Morgan fingerprint density at radius 2 is 2.24 bits per heavy atom. The molecule has 0 saturated carbocycles. The Balaban J connectivity index is 1.97.